The van der Waals surface area contributed by atoms with Crippen LogP contribution in [0.1, 0.15) is 13.3 Å². The molecular weight excluding hydrogens is 228 g/mol. The van der Waals surface area contributed by atoms with Gasteiger partial charge in [0.15, 0.2) is 0 Å². The van der Waals surface area contributed by atoms with Gasteiger partial charge in [-0.25, -0.2) is 0 Å². The molecule has 0 unspecified atom stereocenters. The Balaban J connectivity index is -0.000000147. The highest BCUT2D eigenvalue weighted by Crippen LogP contribution is 1.76. The monoisotopic (exact) mass is 246 g/mol. The molecule has 0 amide bonds. The molecule has 0 radical (unpaired) electrons. The first-order chi connectivity index (χ1) is 6.72. The molecule has 0 saturated carbocycles. The van der Waals surface area contributed by atoms with E-state index in [2.05, 4.69) is 4.74 Å². The maximum absolute atomic E-state index is 9.96. The average molecular weight is 246 g/mol. The molecule has 0 bridgehead atoms. The zero-order valence-corrected chi connectivity index (χ0v) is 9.82. The van der Waals surface area contributed by atoms with Crippen LogP contribution in [0, 0.1) is 0 Å². The van der Waals surface area contributed by atoms with Gasteiger partial charge in [0.2, 0.25) is 0 Å². The van der Waals surface area contributed by atoms with Crippen LogP contribution >= 0.6 is 0 Å². The van der Waals surface area contributed by atoms with E-state index in [9.17, 15) is 13.2 Å². The van der Waals surface area contributed by atoms with Crippen LogP contribution in [-0.4, -0.2) is 55.7 Å². The Hall–Kier alpha value is -0.700. The summed E-state index contributed by atoms with van der Waals surface area (Å²) in [7, 11) is -2.29. The Labute approximate surface area is 89.4 Å². The van der Waals surface area contributed by atoms with Crippen LogP contribution in [0.5, 0.6) is 0 Å². The minimum atomic E-state index is -3.67. The van der Waals surface area contributed by atoms with Crippen molar-refractivity contribution in [3.8, 4) is 0 Å². The van der Waals surface area contributed by atoms with Gasteiger partial charge in [0.1, 0.15) is 0 Å². The number of methoxy groups -OCH3 is 1. The van der Waals surface area contributed by atoms with Crippen molar-refractivity contribution in [2.24, 2.45) is 0 Å². The summed E-state index contributed by atoms with van der Waals surface area (Å²) in [6.07, 6.45) is 1.18. The van der Waals surface area contributed by atoms with Gasteiger partial charge in [0.25, 0.3) is 10.1 Å². The van der Waals surface area contributed by atoms with Gasteiger partial charge in [0.05, 0.1) is 26.6 Å². The topological polar surface area (TPSA) is 121 Å². The predicted molar refractivity (Wildman–Crippen MR) is 54.0 cm³/mol. The van der Waals surface area contributed by atoms with Crippen LogP contribution in [-0.2, 0) is 19.6 Å². The molecule has 0 saturated heterocycles. The molecule has 0 aromatic rings. The Morgan fingerprint density at radius 2 is 1.53 bits per heavy atom. The van der Waals surface area contributed by atoms with Gasteiger partial charge in [-0.15, -0.1) is 0 Å². The number of hydrogen-bond donors (Lipinski definition) is 3. The zero-order valence-electron chi connectivity index (χ0n) is 9.00. The van der Waals surface area contributed by atoms with Crippen molar-refractivity contribution in [1.29, 1.82) is 0 Å². The SMILES string of the molecule is CCC(=O)OC.CS(=O)(=O)O.OCCO. The number of aliphatic hydroxyl groups excluding tert-OH is 2. The van der Waals surface area contributed by atoms with Gasteiger partial charge in [-0.3, -0.25) is 9.35 Å². The van der Waals surface area contributed by atoms with Crippen LogP contribution in [0.2, 0.25) is 0 Å². The van der Waals surface area contributed by atoms with E-state index in [0.717, 1.165) is 0 Å². The fourth-order valence-electron chi connectivity index (χ4n) is 0.144. The molecule has 0 fully saturated rings. The van der Waals surface area contributed by atoms with Crippen LogP contribution in [0.4, 0.5) is 0 Å². The van der Waals surface area contributed by atoms with E-state index < -0.39 is 10.1 Å². The Kier molecular flexibility index (Phi) is 17.6. The third kappa shape index (κ3) is 91.8. The highest BCUT2D eigenvalue weighted by Gasteiger charge is 1.87. The lowest BCUT2D eigenvalue weighted by Crippen LogP contribution is -1.94. The van der Waals surface area contributed by atoms with Crippen LogP contribution in [0.25, 0.3) is 0 Å². The number of rotatable bonds is 2. The van der Waals surface area contributed by atoms with E-state index in [1.54, 1.807) is 6.92 Å². The number of ether oxygens (including phenoxy) is 1. The fraction of sp³-hybridized carbons (Fsp3) is 0.857. The first-order valence-corrected chi connectivity index (χ1v) is 5.78. The number of esters is 1. The third-order valence-electron chi connectivity index (χ3n) is 0.616. The molecule has 0 aromatic heterocycles. The van der Waals surface area contributed by atoms with E-state index >= 15 is 0 Å². The van der Waals surface area contributed by atoms with Crippen molar-refractivity contribution in [1.82, 2.24) is 0 Å². The lowest BCUT2D eigenvalue weighted by molar-refractivity contribution is -0.140. The summed E-state index contributed by atoms with van der Waals surface area (Å²) < 4.78 is 30.1. The summed E-state index contributed by atoms with van der Waals surface area (Å²) in [5.41, 5.74) is 0. The highest BCUT2D eigenvalue weighted by molar-refractivity contribution is 7.85. The summed E-state index contributed by atoms with van der Waals surface area (Å²) in [6, 6.07) is 0. The van der Waals surface area contributed by atoms with Crippen molar-refractivity contribution in [3.05, 3.63) is 0 Å². The first-order valence-electron chi connectivity index (χ1n) is 3.93. The van der Waals surface area contributed by atoms with E-state index in [1.165, 1.54) is 7.11 Å². The van der Waals surface area contributed by atoms with Gasteiger partial charge < -0.3 is 14.9 Å². The zero-order chi connectivity index (χ0) is 12.9. The smallest absolute Gasteiger partial charge is 0.305 e. The maximum atomic E-state index is 9.96. The summed E-state index contributed by atoms with van der Waals surface area (Å²) in [4.78, 5) is 9.96. The number of hydrogen-bond acceptors (Lipinski definition) is 6. The summed E-state index contributed by atoms with van der Waals surface area (Å²) in [5.74, 6) is -0.157. The molecule has 0 aromatic carbocycles. The number of carbonyl (C=O) groups excluding carboxylic acids is 1. The van der Waals surface area contributed by atoms with E-state index in [4.69, 9.17) is 14.8 Å². The molecule has 8 heteroatoms. The summed E-state index contributed by atoms with van der Waals surface area (Å²) in [6.45, 7) is 1.51. The van der Waals surface area contributed by atoms with E-state index in [-0.39, 0.29) is 19.2 Å². The molecule has 0 atom stereocenters. The Morgan fingerprint density at radius 3 is 1.53 bits per heavy atom. The van der Waals surface area contributed by atoms with Crippen molar-refractivity contribution >= 4 is 16.1 Å². The van der Waals surface area contributed by atoms with Crippen molar-refractivity contribution < 1.29 is 32.7 Å². The standard InChI is InChI=1S/C4H8O2.C2H6O2.CH4O3S/c1-3-4(5)6-2;3-1-2-4;1-5(2,3)4/h3H2,1-2H3;3-4H,1-2H2;1H3,(H,2,3,4). The quantitative estimate of drug-likeness (QED) is 0.424. The molecule has 0 heterocycles. The van der Waals surface area contributed by atoms with Gasteiger partial charge in [-0.05, 0) is 0 Å². The molecule has 7 nitrogen and oxygen atoms in total. The second-order valence-corrected chi connectivity index (χ2v) is 3.58. The summed E-state index contributed by atoms with van der Waals surface area (Å²) in [5, 5.41) is 15.2. The maximum Gasteiger partial charge on any atom is 0.305 e. The van der Waals surface area contributed by atoms with Crippen LogP contribution in [0.3, 0.4) is 0 Å². The molecule has 0 spiro atoms. The minimum absolute atomic E-state index is 0.125. The molecule has 0 aliphatic heterocycles. The highest BCUT2D eigenvalue weighted by atomic mass is 32.2. The Bertz CT molecular complexity index is 205. The lowest BCUT2D eigenvalue weighted by Gasteiger charge is -1.87. The van der Waals surface area contributed by atoms with Gasteiger partial charge >= 0.3 is 5.97 Å². The van der Waals surface area contributed by atoms with Gasteiger partial charge in [0, 0.05) is 6.42 Å². The van der Waals surface area contributed by atoms with Crippen molar-refractivity contribution in [3.63, 3.8) is 0 Å². The average Bonchev–Trinajstić information content (AvgIpc) is 2.14. The number of aliphatic hydroxyl groups is 2. The van der Waals surface area contributed by atoms with Crippen molar-refractivity contribution in [2.75, 3.05) is 26.6 Å². The summed E-state index contributed by atoms with van der Waals surface area (Å²) >= 11 is 0. The largest absolute Gasteiger partial charge is 0.469 e. The predicted octanol–water partition coefficient (Wildman–Crippen LogP) is -0.956. The first kappa shape index (κ1) is 19.8. The fourth-order valence-corrected chi connectivity index (χ4v) is 0.144. The Morgan fingerprint density at radius 1 is 1.27 bits per heavy atom. The molecule has 15 heavy (non-hydrogen) atoms. The third-order valence-corrected chi connectivity index (χ3v) is 0.616. The van der Waals surface area contributed by atoms with Gasteiger partial charge in [-0.2, -0.15) is 8.42 Å². The molecular formula is C7H18O7S. The van der Waals surface area contributed by atoms with Gasteiger partial charge in [-0.1, -0.05) is 6.92 Å². The molecule has 94 valence electrons. The van der Waals surface area contributed by atoms with E-state index in [1.807, 2.05) is 0 Å². The molecule has 3 N–H and O–H groups in total. The normalized spacial score (nSPS) is 8.93. The van der Waals surface area contributed by atoms with Crippen molar-refractivity contribution in [2.45, 2.75) is 13.3 Å². The lowest BCUT2D eigenvalue weighted by atomic mass is 10.5. The molecule has 0 rings (SSSR count). The minimum Gasteiger partial charge on any atom is -0.469 e. The molecule has 0 aliphatic carbocycles. The second-order valence-electron chi connectivity index (χ2n) is 2.11. The molecule has 0 aliphatic rings. The van der Waals surface area contributed by atoms with E-state index in [0.29, 0.717) is 12.7 Å². The van der Waals surface area contributed by atoms with Crippen LogP contribution < -0.4 is 0 Å². The number of carbonyl (C=O) groups is 1. The second kappa shape index (κ2) is 13.3. The van der Waals surface area contributed by atoms with Crippen LogP contribution in [0.15, 0.2) is 0 Å².